The molecule has 0 spiro atoms. The minimum absolute atomic E-state index is 0.112. The number of aromatic nitrogens is 2. The molecular weight excluding hydrogens is 619 g/mol. The third kappa shape index (κ3) is 3.92. The molecule has 0 saturated heterocycles. The van der Waals surface area contributed by atoms with E-state index in [1.807, 2.05) is 0 Å². The Morgan fingerprint density at radius 3 is 2.14 bits per heavy atom. The van der Waals surface area contributed by atoms with Crippen LogP contribution in [0, 0.1) is 0 Å². The third-order valence-electron chi connectivity index (χ3n) is 11.3. The molecule has 3 heteroatoms. The topological polar surface area (TPSA) is 21.1 Å². The van der Waals surface area contributed by atoms with Gasteiger partial charge in [-0.2, -0.15) is 0 Å². The van der Waals surface area contributed by atoms with E-state index in [0.29, 0.717) is 0 Å². The minimum Gasteiger partial charge on any atom is -0.309 e. The van der Waals surface area contributed by atoms with E-state index in [1.165, 1.54) is 71.6 Å². The Balaban J connectivity index is 1.12. The lowest BCUT2D eigenvalue weighted by atomic mass is 9.81. The highest BCUT2D eigenvalue weighted by Crippen LogP contribution is 2.56. The fourth-order valence-corrected chi connectivity index (χ4v) is 8.94. The molecule has 0 fully saturated rings. The predicted octanol–water partition coefficient (Wildman–Crippen LogP) is 12.8. The lowest BCUT2D eigenvalue weighted by Crippen LogP contribution is -2.19. The number of para-hydroxylation sites is 2. The Morgan fingerprint density at radius 1 is 0.490 bits per heavy atom. The summed E-state index contributed by atoms with van der Waals surface area (Å²) in [5.41, 5.74) is 15.7. The van der Waals surface area contributed by atoms with Crippen molar-refractivity contribution in [3.8, 4) is 39.2 Å². The van der Waals surface area contributed by atoms with Gasteiger partial charge in [0.05, 0.1) is 28.1 Å². The van der Waals surface area contributed by atoms with E-state index < -0.39 is 0 Å². The van der Waals surface area contributed by atoms with Crippen molar-refractivity contribution in [2.45, 2.75) is 19.3 Å². The molecule has 0 amide bonds. The van der Waals surface area contributed by atoms with Gasteiger partial charge in [-0.3, -0.25) is 4.90 Å². The van der Waals surface area contributed by atoms with Crippen LogP contribution >= 0.6 is 0 Å². The third-order valence-corrected chi connectivity index (χ3v) is 11.3. The molecule has 1 aliphatic heterocycles. The minimum atomic E-state index is -0.112. The van der Waals surface area contributed by atoms with Gasteiger partial charge in [0.25, 0.3) is 0 Å². The second-order valence-electron chi connectivity index (χ2n) is 14.4. The van der Waals surface area contributed by atoms with E-state index in [2.05, 4.69) is 187 Å². The zero-order valence-corrected chi connectivity index (χ0v) is 28.4. The molecular formula is C48H33N3. The van der Waals surface area contributed by atoms with Crippen LogP contribution in [-0.2, 0) is 5.41 Å². The molecule has 0 N–H and O–H groups in total. The van der Waals surface area contributed by atoms with Crippen molar-refractivity contribution in [1.29, 1.82) is 0 Å². The molecule has 11 rings (SSSR count). The number of anilines is 3. The first kappa shape index (κ1) is 28.4. The lowest BCUT2D eigenvalue weighted by molar-refractivity contribution is 0.660. The normalized spacial score (nSPS) is 13.8. The Kier molecular flexibility index (Phi) is 5.73. The Hall–Kier alpha value is -6.45. The molecule has 3 nitrogen and oxygen atoms in total. The van der Waals surface area contributed by atoms with Crippen molar-refractivity contribution in [1.82, 2.24) is 9.55 Å². The fraction of sp³-hybridized carbons (Fsp3) is 0.0625. The highest BCUT2D eigenvalue weighted by atomic mass is 15.2. The summed E-state index contributed by atoms with van der Waals surface area (Å²) in [4.78, 5) is 7.86. The average molecular weight is 652 g/mol. The van der Waals surface area contributed by atoms with Crippen LogP contribution in [0.3, 0.4) is 0 Å². The molecule has 0 atom stereocenters. The van der Waals surface area contributed by atoms with E-state index in [0.717, 1.165) is 28.5 Å². The number of rotatable bonds is 3. The molecule has 2 aliphatic rings. The second-order valence-corrected chi connectivity index (χ2v) is 14.4. The summed E-state index contributed by atoms with van der Waals surface area (Å²) in [6.07, 6.45) is 0. The number of benzene rings is 7. The van der Waals surface area contributed by atoms with Crippen molar-refractivity contribution in [3.63, 3.8) is 0 Å². The molecule has 51 heavy (non-hydrogen) atoms. The Bertz CT molecular complexity index is 2890. The zero-order valence-electron chi connectivity index (χ0n) is 28.4. The summed E-state index contributed by atoms with van der Waals surface area (Å²) in [6, 6.07) is 59.7. The largest absolute Gasteiger partial charge is 0.309 e. The SMILES string of the molecule is CC1(C)c2ccccc2-c2cc3c(cc21)N(c1cccc(-c2ccc4c(c2)c2ccccc2n4-c2ccccc2)n1)c1cccc2cccc-3c12. The summed E-state index contributed by atoms with van der Waals surface area (Å²) in [5.74, 6) is 0.913. The van der Waals surface area contributed by atoms with Gasteiger partial charge in [-0.15, -0.1) is 0 Å². The van der Waals surface area contributed by atoms with Crippen LogP contribution in [0.15, 0.2) is 164 Å². The molecule has 7 aromatic carbocycles. The van der Waals surface area contributed by atoms with Gasteiger partial charge in [0.2, 0.25) is 0 Å². The maximum Gasteiger partial charge on any atom is 0.138 e. The maximum absolute atomic E-state index is 5.47. The van der Waals surface area contributed by atoms with Crippen LogP contribution in [0.25, 0.3) is 71.8 Å². The van der Waals surface area contributed by atoms with Gasteiger partial charge in [0.15, 0.2) is 0 Å². The summed E-state index contributed by atoms with van der Waals surface area (Å²) in [6.45, 7) is 4.71. The van der Waals surface area contributed by atoms with Crippen molar-refractivity contribution in [3.05, 3.63) is 175 Å². The summed E-state index contributed by atoms with van der Waals surface area (Å²) in [5, 5.41) is 4.96. The van der Waals surface area contributed by atoms with Gasteiger partial charge in [-0.1, -0.05) is 117 Å². The van der Waals surface area contributed by atoms with Crippen LogP contribution in [0.4, 0.5) is 17.2 Å². The van der Waals surface area contributed by atoms with E-state index in [-0.39, 0.29) is 5.41 Å². The molecule has 3 heterocycles. The quantitative estimate of drug-likeness (QED) is 0.190. The molecule has 9 aromatic rings. The van der Waals surface area contributed by atoms with Crippen LogP contribution in [-0.4, -0.2) is 9.55 Å². The van der Waals surface area contributed by atoms with E-state index in [4.69, 9.17) is 4.98 Å². The fourth-order valence-electron chi connectivity index (χ4n) is 8.94. The van der Waals surface area contributed by atoms with Crippen molar-refractivity contribution < 1.29 is 0 Å². The number of hydrogen-bond acceptors (Lipinski definition) is 2. The summed E-state index contributed by atoms with van der Waals surface area (Å²) >= 11 is 0. The highest BCUT2D eigenvalue weighted by Gasteiger charge is 2.38. The molecule has 240 valence electrons. The summed E-state index contributed by atoms with van der Waals surface area (Å²) in [7, 11) is 0. The van der Waals surface area contributed by atoms with Gasteiger partial charge in [0.1, 0.15) is 5.82 Å². The van der Waals surface area contributed by atoms with Crippen molar-refractivity contribution >= 4 is 49.8 Å². The summed E-state index contributed by atoms with van der Waals surface area (Å²) < 4.78 is 2.36. The number of pyridine rings is 1. The first-order chi connectivity index (χ1) is 25.1. The van der Waals surface area contributed by atoms with Crippen molar-refractivity contribution in [2.75, 3.05) is 4.90 Å². The molecule has 0 unspecified atom stereocenters. The van der Waals surface area contributed by atoms with Crippen LogP contribution in [0.2, 0.25) is 0 Å². The van der Waals surface area contributed by atoms with E-state index in [1.54, 1.807) is 0 Å². The Labute approximate surface area is 296 Å². The molecule has 0 saturated carbocycles. The van der Waals surface area contributed by atoms with Crippen molar-refractivity contribution in [2.24, 2.45) is 0 Å². The monoisotopic (exact) mass is 651 g/mol. The molecule has 0 bridgehead atoms. The van der Waals surface area contributed by atoms with E-state index in [9.17, 15) is 0 Å². The van der Waals surface area contributed by atoms with Crippen LogP contribution in [0.5, 0.6) is 0 Å². The van der Waals surface area contributed by atoms with Gasteiger partial charge in [0, 0.05) is 38.4 Å². The second kappa shape index (κ2) is 10.3. The highest BCUT2D eigenvalue weighted by molar-refractivity contribution is 6.15. The van der Waals surface area contributed by atoms with E-state index >= 15 is 0 Å². The smallest absolute Gasteiger partial charge is 0.138 e. The van der Waals surface area contributed by atoms with Crippen LogP contribution in [0.1, 0.15) is 25.0 Å². The standard InChI is InChI=1S/C48H33N3/c1-48(2)39-20-8-6-17-33(39)36-28-38-35-19-10-13-30-14-11-23-44(47(30)35)51(45(38)29-40(36)48)46-24-12-21-41(49-46)31-25-26-43-37(27-31)34-18-7-9-22-42(34)50(43)32-15-4-3-5-16-32/h3-29H,1-2H3. The molecule has 2 aromatic heterocycles. The van der Waals surface area contributed by atoms with Crippen LogP contribution < -0.4 is 4.90 Å². The number of hydrogen-bond donors (Lipinski definition) is 0. The van der Waals surface area contributed by atoms with Gasteiger partial charge < -0.3 is 4.57 Å². The molecule has 1 aliphatic carbocycles. The van der Waals surface area contributed by atoms with Gasteiger partial charge in [-0.25, -0.2) is 4.98 Å². The zero-order chi connectivity index (χ0) is 33.8. The average Bonchev–Trinajstić information content (AvgIpc) is 3.63. The number of nitrogens with zero attached hydrogens (tertiary/aromatic N) is 3. The first-order valence-electron chi connectivity index (χ1n) is 17.7. The Morgan fingerprint density at radius 2 is 1.24 bits per heavy atom. The first-order valence-corrected chi connectivity index (χ1v) is 17.7. The lowest BCUT2D eigenvalue weighted by Gasteiger charge is -2.34. The van der Waals surface area contributed by atoms with Gasteiger partial charge in [-0.05, 0) is 93.9 Å². The maximum atomic E-state index is 5.47. The van der Waals surface area contributed by atoms with Gasteiger partial charge >= 0.3 is 0 Å². The number of fused-ring (bicyclic) bond motifs is 8. The molecule has 0 radical (unpaired) electrons. The predicted molar refractivity (Wildman–Crippen MR) is 213 cm³/mol.